The normalized spacial score (nSPS) is 18.5. The molecule has 0 aliphatic heterocycles. The lowest BCUT2D eigenvalue weighted by molar-refractivity contribution is -0.145. The molecule has 112 valence electrons. The third-order valence-corrected chi connectivity index (χ3v) is 3.63. The Kier molecular flexibility index (Phi) is 8.02. The lowest BCUT2D eigenvalue weighted by Gasteiger charge is -2.35. The minimum absolute atomic E-state index is 0.0302. The molecule has 0 saturated heterocycles. The number of esters is 1. The Morgan fingerprint density at radius 2 is 2.05 bits per heavy atom. The molecule has 0 spiro atoms. The summed E-state index contributed by atoms with van der Waals surface area (Å²) in [6, 6.07) is 0.428. The molecule has 1 atom stereocenters. The highest BCUT2D eigenvalue weighted by Gasteiger charge is 2.23. The first-order chi connectivity index (χ1) is 9.17. The standard InChI is InChI=1S/C14H27NO4/c1-2-19-14(18)10-13(17)11-15(8-9-16)12-6-4-3-5-7-12/h12-13,16-17H,2-11H2,1H3. The summed E-state index contributed by atoms with van der Waals surface area (Å²) < 4.78 is 4.83. The summed E-state index contributed by atoms with van der Waals surface area (Å²) in [7, 11) is 0. The van der Waals surface area contributed by atoms with Gasteiger partial charge >= 0.3 is 5.97 Å². The second kappa shape index (κ2) is 9.28. The van der Waals surface area contributed by atoms with Crippen molar-refractivity contribution < 1.29 is 19.7 Å². The SMILES string of the molecule is CCOC(=O)CC(O)CN(CCO)C1CCCCC1. The monoisotopic (exact) mass is 273 g/mol. The van der Waals surface area contributed by atoms with Crippen LogP contribution in [0.2, 0.25) is 0 Å². The molecule has 0 amide bonds. The fourth-order valence-corrected chi connectivity index (χ4v) is 2.75. The van der Waals surface area contributed by atoms with Crippen molar-refractivity contribution >= 4 is 5.97 Å². The molecule has 5 nitrogen and oxygen atoms in total. The zero-order chi connectivity index (χ0) is 14.1. The van der Waals surface area contributed by atoms with Crippen LogP contribution in [0.4, 0.5) is 0 Å². The van der Waals surface area contributed by atoms with Gasteiger partial charge in [0.1, 0.15) is 0 Å². The van der Waals surface area contributed by atoms with E-state index in [1.54, 1.807) is 6.92 Å². The van der Waals surface area contributed by atoms with E-state index in [0.717, 1.165) is 12.8 Å². The molecular formula is C14H27NO4. The lowest BCUT2D eigenvalue weighted by Crippen LogP contribution is -2.43. The Bertz CT molecular complexity index is 254. The van der Waals surface area contributed by atoms with E-state index in [0.29, 0.717) is 25.7 Å². The molecule has 1 unspecified atom stereocenters. The predicted molar refractivity (Wildman–Crippen MR) is 72.8 cm³/mol. The van der Waals surface area contributed by atoms with Gasteiger partial charge in [0.25, 0.3) is 0 Å². The van der Waals surface area contributed by atoms with Gasteiger partial charge in [0.2, 0.25) is 0 Å². The van der Waals surface area contributed by atoms with Crippen LogP contribution in [-0.4, -0.2) is 59.5 Å². The van der Waals surface area contributed by atoms with Crippen LogP contribution in [0.15, 0.2) is 0 Å². The maximum absolute atomic E-state index is 11.3. The lowest BCUT2D eigenvalue weighted by atomic mass is 9.94. The Morgan fingerprint density at radius 1 is 1.37 bits per heavy atom. The fraction of sp³-hybridized carbons (Fsp3) is 0.929. The van der Waals surface area contributed by atoms with Crippen molar-refractivity contribution in [2.24, 2.45) is 0 Å². The number of hydrogen-bond acceptors (Lipinski definition) is 5. The number of ether oxygens (including phenoxy) is 1. The molecule has 1 aliphatic carbocycles. The first-order valence-corrected chi connectivity index (χ1v) is 7.36. The molecular weight excluding hydrogens is 246 g/mol. The first kappa shape index (κ1) is 16.4. The predicted octanol–water partition coefficient (Wildman–Crippen LogP) is 0.927. The molecule has 0 radical (unpaired) electrons. The third kappa shape index (κ3) is 6.36. The Morgan fingerprint density at radius 3 is 2.63 bits per heavy atom. The van der Waals surface area contributed by atoms with Crippen LogP contribution in [0.5, 0.6) is 0 Å². The Hall–Kier alpha value is -0.650. The van der Waals surface area contributed by atoms with Gasteiger partial charge in [-0.1, -0.05) is 19.3 Å². The van der Waals surface area contributed by atoms with Gasteiger partial charge in [-0.25, -0.2) is 0 Å². The van der Waals surface area contributed by atoms with Crippen molar-refractivity contribution in [1.29, 1.82) is 0 Å². The highest BCUT2D eigenvalue weighted by Crippen LogP contribution is 2.22. The van der Waals surface area contributed by atoms with Crippen LogP contribution in [0.3, 0.4) is 0 Å². The number of aliphatic hydroxyl groups excluding tert-OH is 2. The van der Waals surface area contributed by atoms with Gasteiger partial charge in [0.15, 0.2) is 0 Å². The summed E-state index contributed by atoms with van der Waals surface area (Å²) in [5, 5.41) is 19.1. The topological polar surface area (TPSA) is 70.0 Å². The summed E-state index contributed by atoms with van der Waals surface area (Å²) in [6.07, 6.45) is 5.24. The summed E-state index contributed by atoms with van der Waals surface area (Å²) in [5.41, 5.74) is 0. The molecule has 1 fully saturated rings. The minimum atomic E-state index is -0.715. The average Bonchev–Trinajstić information content (AvgIpc) is 2.39. The van der Waals surface area contributed by atoms with Gasteiger partial charge in [-0.15, -0.1) is 0 Å². The van der Waals surface area contributed by atoms with Crippen LogP contribution in [0, 0.1) is 0 Å². The second-order valence-electron chi connectivity index (χ2n) is 5.17. The maximum atomic E-state index is 11.3. The zero-order valence-corrected chi connectivity index (χ0v) is 11.9. The van der Waals surface area contributed by atoms with Gasteiger partial charge in [-0.2, -0.15) is 0 Å². The molecule has 0 bridgehead atoms. The van der Waals surface area contributed by atoms with E-state index in [1.807, 2.05) is 0 Å². The highest BCUT2D eigenvalue weighted by molar-refractivity contribution is 5.69. The highest BCUT2D eigenvalue weighted by atomic mass is 16.5. The molecule has 0 aromatic carbocycles. The number of aliphatic hydroxyl groups is 2. The van der Waals surface area contributed by atoms with Crippen molar-refractivity contribution in [3.05, 3.63) is 0 Å². The molecule has 5 heteroatoms. The Labute approximate surface area is 115 Å². The summed E-state index contributed by atoms with van der Waals surface area (Å²) in [4.78, 5) is 13.4. The van der Waals surface area contributed by atoms with Crippen LogP contribution in [0.25, 0.3) is 0 Å². The molecule has 19 heavy (non-hydrogen) atoms. The van der Waals surface area contributed by atoms with Crippen LogP contribution >= 0.6 is 0 Å². The fourth-order valence-electron chi connectivity index (χ4n) is 2.75. The van der Waals surface area contributed by atoms with Gasteiger partial charge in [-0.3, -0.25) is 9.69 Å². The number of nitrogens with zero attached hydrogens (tertiary/aromatic N) is 1. The largest absolute Gasteiger partial charge is 0.466 e. The van der Waals surface area contributed by atoms with E-state index < -0.39 is 6.10 Å². The van der Waals surface area contributed by atoms with Crippen LogP contribution in [-0.2, 0) is 9.53 Å². The molecule has 1 aliphatic rings. The first-order valence-electron chi connectivity index (χ1n) is 7.36. The van der Waals surface area contributed by atoms with E-state index in [9.17, 15) is 9.90 Å². The molecule has 0 heterocycles. The van der Waals surface area contributed by atoms with E-state index in [-0.39, 0.29) is 19.0 Å². The molecule has 0 aromatic rings. The van der Waals surface area contributed by atoms with Gasteiger partial charge in [-0.05, 0) is 19.8 Å². The van der Waals surface area contributed by atoms with Crippen molar-refractivity contribution in [3.8, 4) is 0 Å². The molecule has 1 saturated carbocycles. The molecule has 0 aromatic heterocycles. The van der Waals surface area contributed by atoms with Crippen LogP contribution < -0.4 is 0 Å². The van der Waals surface area contributed by atoms with E-state index in [1.165, 1.54) is 19.3 Å². The summed E-state index contributed by atoms with van der Waals surface area (Å²) in [5.74, 6) is -0.359. The minimum Gasteiger partial charge on any atom is -0.466 e. The van der Waals surface area contributed by atoms with E-state index in [4.69, 9.17) is 9.84 Å². The van der Waals surface area contributed by atoms with Gasteiger partial charge in [0.05, 0.1) is 25.7 Å². The van der Waals surface area contributed by atoms with E-state index >= 15 is 0 Å². The third-order valence-electron chi connectivity index (χ3n) is 3.63. The number of hydrogen-bond donors (Lipinski definition) is 2. The smallest absolute Gasteiger partial charge is 0.308 e. The number of carbonyl (C=O) groups excluding carboxylic acids is 1. The van der Waals surface area contributed by atoms with Gasteiger partial charge < -0.3 is 14.9 Å². The number of rotatable bonds is 8. The average molecular weight is 273 g/mol. The van der Waals surface area contributed by atoms with Gasteiger partial charge in [0, 0.05) is 19.1 Å². The summed E-state index contributed by atoms with van der Waals surface area (Å²) >= 11 is 0. The Balaban J connectivity index is 2.40. The zero-order valence-electron chi connectivity index (χ0n) is 11.9. The quantitative estimate of drug-likeness (QED) is 0.644. The van der Waals surface area contributed by atoms with Crippen molar-refractivity contribution in [2.45, 2.75) is 57.6 Å². The maximum Gasteiger partial charge on any atom is 0.308 e. The number of carbonyl (C=O) groups is 1. The van der Waals surface area contributed by atoms with Crippen molar-refractivity contribution in [1.82, 2.24) is 4.90 Å². The van der Waals surface area contributed by atoms with Crippen molar-refractivity contribution in [2.75, 3.05) is 26.3 Å². The van der Waals surface area contributed by atoms with Crippen LogP contribution in [0.1, 0.15) is 45.4 Å². The molecule has 1 rings (SSSR count). The van der Waals surface area contributed by atoms with Crippen molar-refractivity contribution in [3.63, 3.8) is 0 Å². The molecule has 2 N–H and O–H groups in total. The summed E-state index contributed by atoms with van der Waals surface area (Å²) in [6.45, 7) is 3.18. The van der Waals surface area contributed by atoms with E-state index in [2.05, 4.69) is 4.90 Å². The second-order valence-corrected chi connectivity index (χ2v) is 5.17.